The summed E-state index contributed by atoms with van der Waals surface area (Å²) in [5.41, 5.74) is 2.99. The summed E-state index contributed by atoms with van der Waals surface area (Å²) >= 11 is 0. The fourth-order valence-corrected chi connectivity index (χ4v) is 3.93. The molecule has 0 atom stereocenters. The Morgan fingerprint density at radius 2 is 1.73 bits per heavy atom. The number of nitrogens with one attached hydrogen (secondary N) is 1. The third-order valence-corrected chi connectivity index (χ3v) is 5.61. The topological polar surface area (TPSA) is 201 Å². The fourth-order valence-electron chi connectivity index (χ4n) is 2.76. The highest BCUT2D eigenvalue weighted by Crippen LogP contribution is 2.36. The highest BCUT2D eigenvalue weighted by molar-refractivity contribution is 7.91. The summed E-state index contributed by atoms with van der Waals surface area (Å²) in [7, 11) is -9.72. The summed E-state index contributed by atoms with van der Waals surface area (Å²) in [6.07, 6.45) is 0.744. The summed E-state index contributed by atoms with van der Waals surface area (Å²) in [5.74, 6) is -0.723. The van der Waals surface area contributed by atoms with E-state index in [0.29, 0.717) is 4.57 Å². The molecular formula is C13H11N3O8S2. The molecule has 26 heavy (non-hydrogen) atoms. The molecule has 1 aliphatic carbocycles. The normalized spacial score (nSPS) is 14.6. The molecule has 13 heteroatoms. The average molecular weight is 401 g/mol. The van der Waals surface area contributed by atoms with Crippen molar-refractivity contribution >= 4 is 42.8 Å². The van der Waals surface area contributed by atoms with E-state index < -0.39 is 53.9 Å². The summed E-state index contributed by atoms with van der Waals surface area (Å²) in [4.78, 5) is 10.8. The molecule has 1 aromatic carbocycles. The van der Waals surface area contributed by atoms with Crippen molar-refractivity contribution in [2.45, 2.75) is 11.6 Å². The molecule has 6 N–H and O–H groups in total. The minimum absolute atomic E-state index is 0.109. The standard InChI is InChI=1S/C13H11N3O8S2/c14-4-16-12(17)7-2-5(25(19,20)21)1-6-10(7)8(13(16)18)3-9(11(6)15)26(22,23)24/h1-3,15,17H,4,14H2,(H,19,20,21)(H,22,23,24). The summed E-state index contributed by atoms with van der Waals surface area (Å²) in [6.45, 7) is -0.522. The van der Waals surface area contributed by atoms with Crippen molar-refractivity contribution in [3.8, 4) is 5.88 Å². The summed E-state index contributed by atoms with van der Waals surface area (Å²) < 4.78 is 65.3. The van der Waals surface area contributed by atoms with Crippen molar-refractivity contribution in [2.75, 3.05) is 0 Å². The van der Waals surface area contributed by atoms with Gasteiger partial charge in [0.15, 0.2) is 0 Å². The highest BCUT2D eigenvalue weighted by atomic mass is 32.2. The second-order valence-electron chi connectivity index (χ2n) is 5.38. The maximum atomic E-state index is 12.5. The van der Waals surface area contributed by atoms with Gasteiger partial charge in [-0.3, -0.25) is 23.9 Å². The smallest absolute Gasteiger partial charge is 0.296 e. The third kappa shape index (κ3) is 2.53. The first kappa shape index (κ1) is 18.2. The molecule has 0 bridgehead atoms. The fraction of sp³-hybridized carbons (Fsp3) is 0.0769. The van der Waals surface area contributed by atoms with Crippen molar-refractivity contribution in [3.63, 3.8) is 0 Å². The lowest BCUT2D eigenvalue weighted by Crippen LogP contribution is -2.29. The van der Waals surface area contributed by atoms with Gasteiger partial charge in [0.05, 0.1) is 22.8 Å². The predicted molar refractivity (Wildman–Crippen MR) is 90.2 cm³/mol. The second kappa shape index (κ2) is 5.46. The molecule has 0 amide bonds. The van der Waals surface area contributed by atoms with Crippen LogP contribution in [0.1, 0.15) is 11.1 Å². The molecule has 0 radical (unpaired) electrons. The van der Waals surface area contributed by atoms with Crippen LogP contribution >= 0.6 is 0 Å². The summed E-state index contributed by atoms with van der Waals surface area (Å²) in [6, 6.07) is 1.63. The zero-order chi connectivity index (χ0) is 19.6. The van der Waals surface area contributed by atoms with Gasteiger partial charge >= 0.3 is 0 Å². The van der Waals surface area contributed by atoms with E-state index >= 15 is 0 Å². The number of hydrogen-bond acceptors (Lipinski definition) is 8. The van der Waals surface area contributed by atoms with E-state index in [1.165, 1.54) is 0 Å². The molecule has 11 nitrogen and oxygen atoms in total. The number of benzene rings is 1. The van der Waals surface area contributed by atoms with E-state index in [1.807, 2.05) is 0 Å². The molecule has 3 rings (SSSR count). The van der Waals surface area contributed by atoms with Gasteiger partial charge in [0.2, 0.25) is 5.88 Å². The average Bonchev–Trinajstić information content (AvgIpc) is 2.51. The van der Waals surface area contributed by atoms with Crippen LogP contribution in [-0.2, 0) is 26.9 Å². The molecule has 138 valence electrons. The van der Waals surface area contributed by atoms with Gasteiger partial charge in [0.1, 0.15) is 4.91 Å². The van der Waals surface area contributed by atoms with Crippen LogP contribution in [0.2, 0.25) is 0 Å². The molecule has 0 unspecified atom stereocenters. The quantitative estimate of drug-likeness (QED) is 0.419. The molecule has 0 saturated heterocycles. The Morgan fingerprint density at radius 1 is 1.12 bits per heavy atom. The second-order valence-corrected chi connectivity index (χ2v) is 8.19. The van der Waals surface area contributed by atoms with Gasteiger partial charge in [-0.1, -0.05) is 0 Å². The van der Waals surface area contributed by atoms with E-state index in [1.54, 1.807) is 0 Å². The van der Waals surface area contributed by atoms with Gasteiger partial charge < -0.3 is 10.8 Å². The molecule has 1 aliphatic rings. The monoisotopic (exact) mass is 401 g/mol. The first-order valence-corrected chi connectivity index (χ1v) is 9.65. The summed E-state index contributed by atoms with van der Waals surface area (Å²) in [5, 5.41) is 17.9. The van der Waals surface area contributed by atoms with E-state index in [0.717, 1.165) is 18.2 Å². The van der Waals surface area contributed by atoms with E-state index in [2.05, 4.69) is 0 Å². The number of nitrogens with zero attached hydrogens (tertiary/aromatic N) is 1. The Kier molecular flexibility index (Phi) is 3.82. The van der Waals surface area contributed by atoms with Crippen LogP contribution in [0.4, 0.5) is 0 Å². The Hall–Kier alpha value is -2.58. The number of rotatable bonds is 3. The number of nitrogens with two attached hydrogens (primary N) is 1. The van der Waals surface area contributed by atoms with Crippen molar-refractivity contribution in [3.05, 3.63) is 38.5 Å². The van der Waals surface area contributed by atoms with Crippen molar-refractivity contribution in [1.82, 2.24) is 4.57 Å². The molecule has 0 fully saturated rings. The molecule has 1 aromatic heterocycles. The van der Waals surface area contributed by atoms with Crippen LogP contribution in [0.15, 0.2) is 26.7 Å². The van der Waals surface area contributed by atoms with Gasteiger partial charge in [0.25, 0.3) is 25.8 Å². The Labute approximate surface area is 146 Å². The first-order chi connectivity index (χ1) is 11.9. The van der Waals surface area contributed by atoms with Crippen LogP contribution in [0.25, 0.3) is 16.8 Å². The number of hydrogen-bond donors (Lipinski definition) is 5. The lowest BCUT2D eigenvalue weighted by atomic mass is 9.93. The molecule has 0 spiro atoms. The van der Waals surface area contributed by atoms with E-state index in [9.17, 15) is 35.8 Å². The van der Waals surface area contributed by atoms with Gasteiger partial charge in [0, 0.05) is 16.3 Å². The Bertz CT molecular complexity index is 1300. The number of aromatic hydroxyl groups is 1. The maximum Gasteiger partial charge on any atom is 0.296 e. The molecule has 2 aromatic rings. The van der Waals surface area contributed by atoms with Crippen LogP contribution in [0.3, 0.4) is 0 Å². The Morgan fingerprint density at radius 3 is 2.23 bits per heavy atom. The molecule has 0 aliphatic heterocycles. The Balaban J connectivity index is 2.66. The van der Waals surface area contributed by atoms with E-state index in [4.69, 9.17) is 11.1 Å². The van der Waals surface area contributed by atoms with Gasteiger partial charge in [-0.05, 0) is 18.2 Å². The molecule has 1 heterocycles. The van der Waals surface area contributed by atoms with Crippen LogP contribution in [0, 0.1) is 5.41 Å². The van der Waals surface area contributed by atoms with Crippen LogP contribution in [-0.4, -0.2) is 41.3 Å². The number of pyridine rings is 1. The predicted octanol–water partition coefficient (Wildman–Crippen LogP) is -0.520. The highest BCUT2D eigenvalue weighted by Gasteiger charge is 2.31. The van der Waals surface area contributed by atoms with Crippen molar-refractivity contribution < 1.29 is 31.0 Å². The van der Waals surface area contributed by atoms with Gasteiger partial charge in [-0.25, -0.2) is 0 Å². The zero-order valence-electron chi connectivity index (χ0n) is 12.7. The molecular weight excluding hydrogens is 390 g/mol. The lowest BCUT2D eigenvalue weighted by Gasteiger charge is -2.20. The van der Waals surface area contributed by atoms with Crippen molar-refractivity contribution in [2.24, 2.45) is 5.73 Å². The SMILES string of the molecule is N=C1C(S(=O)(=O)O)=Cc2c(=O)n(CN)c(O)c3cc(S(=O)(=O)O)cc1c23. The lowest BCUT2D eigenvalue weighted by molar-refractivity contribution is 0.415. The van der Waals surface area contributed by atoms with Gasteiger partial charge in [-0.2, -0.15) is 16.8 Å². The first-order valence-electron chi connectivity index (χ1n) is 6.77. The van der Waals surface area contributed by atoms with E-state index in [-0.39, 0.29) is 21.9 Å². The van der Waals surface area contributed by atoms with Gasteiger partial charge in [-0.15, -0.1) is 0 Å². The minimum Gasteiger partial charge on any atom is -0.494 e. The van der Waals surface area contributed by atoms with Crippen molar-refractivity contribution in [1.29, 1.82) is 5.41 Å². The molecule has 0 saturated carbocycles. The third-order valence-electron chi connectivity index (χ3n) is 3.90. The maximum absolute atomic E-state index is 12.5. The largest absolute Gasteiger partial charge is 0.494 e. The number of allylic oxidation sites excluding steroid dienone is 1. The van der Waals surface area contributed by atoms with Crippen LogP contribution < -0.4 is 11.3 Å². The van der Waals surface area contributed by atoms with Crippen LogP contribution in [0.5, 0.6) is 5.88 Å². The number of aromatic nitrogens is 1. The zero-order valence-corrected chi connectivity index (χ0v) is 14.3. The minimum atomic E-state index is -4.93.